The Balaban J connectivity index is 0.00000364. The molecule has 1 heterocycles. The van der Waals surface area contributed by atoms with Gasteiger partial charge < -0.3 is 20.3 Å². The molecule has 1 fully saturated rings. The second-order valence-electron chi connectivity index (χ2n) is 6.04. The maximum absolute atomic E-state index is 11.8. The van der Waals surface area contributed by atoms with Gasteiger partial charge in [0.2, 0.25) is 0 Å². The summed E-state index contributed by atoms with van der Waals surface area (Å²) in [6, 6.07) is 6.08. The van der Waals surface area contributed by atoms with Gasteiger partial charge in [-0.2, -0.15) is 0 Å². The van der Waals surface area contributed by atoms with E-state index in [0.29, 0.717) is 31.3 Å². The van der Waals surface area contributed by atoms with Gasteiger partial charge in [-0.05, 0) is 44.4 Å². The fourth-order valence-corrected chi connectivity index (χ4v) is 3.48. The molecule has 9 heteroatoms. The molecule has 0 saturated carbocycles. The summed E-state index contributed by atoms with van der Waals surface area (Å²) in [5.41, 5.74) is 0.976. The zero-order valence-corrected chi connectivity index (χ0v) is 20.3. The van der Waals surface area contributed by atoms with Gasteiger partial charge >= 0.3 is 6.09 Å². The summed E-state index contributed by atoms with van der Waals surface area (Å²) in [6.45, 7) is 6.93. The second-order valence-corrected chi connectivity index (χ2v) is 7.36. The van der Waals surface area contributed by atoms with Gasteiger partial charge in [0.1, 0.15) is 0 Å². The van der Waals surface area contributed by atoms with Gasteiger partial charge in [-0.3, -0.25) is 0 Å². The number of nitrogens with one attached hydrogen (secondary N) is 2. The van der Waals surface area contributed by atoms with Crippen LogP contribution in [0.1, 0.15) is 32.3 Å². The van der Waals surface area contributed by atoms with Crippen LogP contribution in [0.2, 0.25) is 5.02 Å². The average molecular weight is 574 g/mol. The quantitative estimate of drug-likeness (QED) is 0.312. The largest absolute Gasteiger partial charge is 0.450 e. The molecule has 0 aliphatic carbocycles. The van der Waals surface area contributed by atoms with E-state index in [-0.39, 0.29) is 36.1 Å². The van der Waals surface area contributed by atoms with Crippen LogP contribution in [0.15, 0.2) is 27.7 Å². The number of piperidine rings is 1. The van der Waals surface area contributed by atoms with E-state index in [1.165, 1.54) is 0 Å². The van der Waals surface area contributed by atoms with E-state index < -0.39 is 0 Å². The molecule has 1 aromatic rings. The van der Waals surface area contributed by atoms with Crippen LogP contribution in [0.4, 0.5) is 4.79 Å². The SMILES string of the molecule is CCNC(=NCc1ccc(Br)cc1Cl)NC1CCN(C(=O)OCC)CC1.I. The van der Waals surface area contributed by atoms with Crippen molar-refractivity contribution in [1.82, 2.24) is 15.5 Å². The van der Waals surface area contributed by atoms with E-state index in [1.54, 1.807) is 4.90 Å². The maximum Gasteiger partial charge on any atom is 0.409 e. The molecule has 6 nitrogen and oxygen atoms in total. The first kappa shape index (κ1) is 24.3. The maximum atomic E-state index is 11.8. The number of hydrogen-bond donors (Lipinski definition) is 2. The third-order valence-electron chi connectivity index (χ3n) is 4.13. The molecular formula is C18H27BrClIN4O2. The number of carbonyl (C=O) groups excluding carboxylic acids is 1. The first-order valence-corrected chi connectivity index (χ1v) is 10.1. The molecule has 0 radical (unpaired) electrons. The molecule has 0 aromatic heterocycles. The van der Waals surface area contributed by atoms with E-state index in [1.807, 2.05) is 32.0 Å². The van der Waals surface area contributed by atoms with Crippen molar-refractivity contribution in [3.63, 3.8) is 0 Å². The number of ether oxygens (including phenoxy) is 1. The Bertz CT molecular complexity index is 640. The molecule has 27 heavy (non-hydrogen) atoms. The van der Waals surface area contributed by atoms with Gasteiger partial charge in [-0.25, -0.2) is 9.79 Å². The lowest BCUT2D eigenvalue weighted by molar-refractivity contribution is 0.0963. The van der Waals surface area contributed by atoms with Crippen molar-refractivity contribution in [2.24, 2.45) is 4.99 Å². The van der Waals surface area contributed by atoms with E-state index in [9.17, 15) is 4.79 Å². The normalized spacial score (nSPS) is 15.1. The molecule has 1 aliphatic heterocycles. The summed E-state index contributed by atoms with van der Waals surface area (Å²) in [5, 5.41) is 7.42. The highest BCUT2D eigenvalue weighted by Gasteiger charge is 2.24. The molecule has 0 atom stereocenters. The predicted octanol–water partition coefficient (Wildman–Crippen LogP) is 4.40. The van der Waals surface area contributed by atoms with Gasteiger partial charge in [0.25, 0.3) is 0 Å². The first-order valence-electron chi connectivity index (χ1n) is 8.94. The molecule has 0 bridgehead atoms. The Morgan fingerprint density at radius 3 is 2.67 bits per heavy atom. The molecule has 1 saturated heterocycles. The zero-order valence-electron chi connectivity index (χ0n) is 15.6. The minimum absolute atomic E-state index is 0. The van der Waals surface area contributed by atoms with Crippen LogP contribution >= 0.6 is 51.5 Å². The number of amides is 1. The number of carbonyl (C=O) groups is 1. The minimum Gasteiger partial charge on any atom is -0.450 e. The van der Waals surface area contributed by atoms with Crippen molar-refractivity contribution in [1.29, 1.82) is 0 Å². The van der Waals surface area contributed by atoms with Crippen molar-refractivity contribution in [2.75, 3.05) is 26.2 Å². The molecule has 1 aromatic carbocycles. The lowest BCUT2D eigenvalue weighted by Crippen LogP contribution is -2.49. The molecular weight excluding hydrogens is 546 g/mol. The fraction of sp³-hybridized carbons (Fsp3) is 0.556. The Morgan fingerprint density at radius 2 is 2.07 bits per heavy atom. The van der Waals surface area contributed by atoms with Crippen molar-refractivity contribution in [3.8, 4) is 0 Å². The van der Waals surface area contributed by atoms with Crippen LogP contribution in [0.3, 0.4) is 0 Å². The molecule has 1 aliphatic rings. The third kappa shape index (κ3) is 8.03. The molecule has 152 valence electrons. The van der Waals surface area contributed by atoms with Gasteiger partial charge in [0.05, 0.1) is 13.2 Å². The highest BCUT2D eigenvalue weighted by atomic mass is 127. The van der Waals surface area contributed by atoms with Crippen LogP contribution < -0.4 is 10.6 Å². The lowest BCUT2D eigenvalue weighted by atomic mass is 10.1. The molecule has 2 N–H and O–H groups in total. The van der Waals surface area contributed by atoms with Crippen LogP contribution in [-0.2, 0) is 11.3 Å². The second kappa shape index (κ2) is 12.7. The van der Waals surface area contributed by atoms with Gasteiger partial charge in [0, 0.05) is 35.2 Å². The van der Waals surface area contributed by atoms with Crippen LogP contribution in [0, 0.1) is 0 Å². The molecule has 0 unspecified atom stereocenters. The number of likely N-dealkylation sites (tertiary alicyclic amines) is 1. The van der Waals surface area contributed by atoms with Crippen molar-refractivity contribution in [3.05, 3.63) is 33.3 Å². The first-order chi connectivity index (χ1) is 12.5. The number of hydrogen-bond acceptors (Lipinski definition) is 3. The van der Waals surface area contributed by atoms with Gasteiger partial charge in [-0.1, -0.05) is 33.6 Å². The number of halogens is 3. The van der Waals surface area contributed by atoms with E-state index in [4.69, 9.17) is 16.3 Å². The molecule has 0 spiro atoms. The van der Waals surface area contributed by atoms with Crippen molar-refractivity contribution in [2.45, 2.75) is 39.3 Å². The van der Waals surface area contributed by atoms with Crippen LogP contribution in [-0.4, -0.2) is 49.2 Å². The highest BCUT2D eigenvalue weighted by Crippen LogP contribution is 2.22. The number of rotatable bonds is 5. The Labute approximate surface area is 191 Å². The summed E-state index contributed by atoms with van der Waals surface area (Å²) < 4.78 is 6.01. The average Bonchev–Trinajstić information content (AvgIpc) is 2.62. The van der Waals surface area contributed by atoms with E-state index in [0.717, 1.165) is 35.4 Å². The van der Waals surface area contributed by atoms with E-state index in [2.05, 4.69) is 31.6 Å². The van der Waals surface area contributed by atoms with Crippen LogP contribution in [0.25, 0.3) is 0 Å². The van der Waals surface area contributed by atoms with Crippen LogP contribution in [0.5, 0.6) is 0 Å². The summed E-state index contributed by atoms with van der Waals surface area (Å²) in [6.07, 6.45) is 1.50. The number of benzene rings is 1. The Hall–Kier alpha value is -0.740. The third-order valence-corrected chi connectivity index (χ3v) is 4.97. The lowest BCUT2D eigenvalue weighted by Gasteiger charge is -2.32. The van der Waals surface area contributed by atoms with E-state index >= 15 is 0 Å². The monoisotopic (exact) mass is 572 g/mol. The van der Waals surface area contributed by atoms with Gasteiger partial charge in [0.15, 0.2) is 5.96 Å². The van der Waals surface area contributed by atoms with Crippen molar-refractivity contribution < 1.29 is 9.53 Å². The Morgan fingerprint density at radius 1 is 1.37 bits per heavy atom. The standard InChI is InChI=1S/C18H26BrClN4O2.HI/c1-3-21-17(22-12-13-5-6-14(19)11-16(13)20)23-15-7-9-24(10-8-15)18(25)26-4-2;/h5-6,11,15H,3-4,7-10,12H2,1-2H3,(H2,21,22,23);1H. The minimum atomic E-state index is -0.226. The number of guanidine groups is 1. The van der Waals surface area contributed by atoms with Crippen molar-refractivity contribution >= 4 is 63.6 Å². The van der Waals surface area contributed by atoms with Gasteiger partial charge in [-0.15, -0.1) is 24.0 Å². The zero-order chi connectivity index (χ0) is 18.9. The fourth-order valence-electron chi connectivity index (χ4n) is 2.75. The number of nitrogens with zero attached hydrogens (tertiary/aromatic N) is 2. The molecule has 1 amide bonds. The summed E-state index contributed by atoms with van der Waals surface area (Å²) in [7, 11) is 0. The topological polar surface area (TPSA) is 66.0 Å². The smallest absolute Gasteiger partial charge is 0.409 e. The Kier molecular flexibility index (Phi) is 11.4. The number of aliphatic imine (C=N–C) groups is 1. The highest BCUT2D eigenvalue weighted by molar-refractivity contribution is 14.0. The summed E-state index contributed by atoms with van der Waals surface area (Å²) >= 11 is 9.67. The summed E-state index contributed by atoms with van der Waals surface area (Å²) in [5.74, 6) is 0.765. The predicted molar refractivity (Wildman–Crippen MR) is 124 cm³/mol. The molecule has 2 rings (SSSR count). The summed E-state index contributed by atoms with van der Waals surface area (Å²) in [4.78, 5) is 18.2.